The molecule has 0 amide bonds. The average molecular weight is 553 g/mol. The van der Waals surface area contributed by atoms with Gasteiger partial charge >= 0.3 is 5.97 Å². The molecule has 0 fully saturated rings. The topological polar surface area (TPSA) is 35.5 Å². The van der Waals surface area contributed by atoms with Crippen LogP contribution in [-0.2, 0) is 22.5 Å². The predicted molar refractivity (Wildman–Crippen MR) is 169 cm³/mol. The first-order valence-corrected chi connectivity index (χ1v) is 16.1. The summed E-state index contributed by atoms with van der Waals surface area (Å²) in [5.41, 5.74) is 2.57. The van der Waals surface area contributed by atoms with Gasteiger partial charge in [0.05, 0.1) is 33.4 Å². The number of unbranched alkanes of at least 4 members (excludes halogenated alkanes) is 10. The van der Waals surface area contributed by atoms with E-state index in [1.807, 2.05) is 19.1 Å². The molecule has 0 radical (unpaired) electrons. The lowest BCUT2D eigenvalue weighted by Crippen LogP contribution is -2.44. The molecule has 2 atom stereocenters. The molecule has 2 unspecified atom stereocenters. The monoisotopic (exact) mass is 552 g/mol. The number of quaternary nitrogens is 1. The van der Waals surface area contributed by atoms with Crippen LogP contribution in [0.3, 0.4) is 0 Å². The van der Waals surface area contributed by atoms with Crippen LogP contribution in [0.4, 0.5) is 0 Å². The Kier molecular flexibility index (Phi) is 16.7. The molecule has 224 valence electrons. The molecule has 0 N–H and O–H groups in total. The Balaban J connectivity index is 1.63. The molecule has 0 aromatic heterocycles. The van der Waals surface area contributed by atoms with Crippen molar-refractivity contribution in [3.8, 4) is 5.75 Å². The molecule has 0 bridgehead atoms. The van der Waals surface area contributed by atoms with E-state index >= 15 is 0 Å². The van der Waals surface area contributed by atoms with Crippen LogP contribution >= 0.6 is 0 Å². The Hall–Kier alpha value is -2.33. The zero-order valence-electron chi connectivity index (χ0n) is 26.3. The summed E-state index contributed by atoms with van der Waals surface area (Å²) in [6.07, 6.45) is 16.7. The van der Waals surface area contributed by atoms with Crippen molar-refractivity contribution in [3.05, 3.63) is 65.7 Å². The smallest absolute Gasteiger partial charge is 0.314 e. The van der Waals surface area contributed by atoms with Gasteiger partial charge in [0.15, 0.2) is 0 Å². The number of benzene rings is 2. The third-order valence-electron chi connectivity index (χ3n) is 7.74. The Bertz CT molecular complexity index is 927. The van der Waals surface area contributed by atoms with Crippen molar-refractivity contribution in [1.29, 1.82) is 0 Å². The SMILES string of the molecule is CCCCCCCCCCCCCc1ccccc1OC(C)CCOC(=O)C(C)C[N+](C)(C)Cc1ccccc1. The van der Waals surface area contributed by atoms with Crippen LogP contribution in [0.5, 0.6) is 5.75 Å². The van der Waals surface area contributed by atoms with Gasteiger partial charge in [-0.25, -0.2) is 0 Å². The summed E-state index contributed by atoms with van der Waals surface area (Å²) < 4.78 is 12.7. The second-order valence-corrected chi connectivity index (χ2v) is 12.4. The van der Waals surface area contributed by atoms with Crippen molar-refractivity contribution in [3.63, 3.8) is 0 Å². The maximum atomic E-state index is 12.7. The predicted octanol–water partition coefficient (Wildman–Crippen LogP) is 9.15. The first-order chi connectivity index (χ1) is 19.3. The minimum absolute atomic E-state index is 0.00751. The van der Waals surface area contributed by atoms with Gasteiger partial charge in [-0.05, 0) is 38.3 Å². The number of carbonyl (C=O) groups is 1. The highest BCUT2D eigenvalue weighted by molar-refractivity contribution is 5.72. The number of ether oxygens (including phenoxy) is 2. The van der Waals surface area contributed by atoms with E-state index in [0.29, 0.717) is 13.0 Å². The van der Waals surface area contributed by atoms with Crippen LogP contribution in [-0.4, -0.2) is 43.8 Å². The second kappa shape index (κ2) is 19.7. The van der Waals surface area contributed by atoms with E-state index in [-0.39, 0.29) is 18.0 Å². The number of hydrogen-bond acceptors (Lipinski definition) is 3. The number of nitrogens with zero attached hydrogens (tertiary/aromatic N) is 1. The van der Waals surface area contributed by atoms with Gasteiger partial charge in [-0.2, -0.15) is 0 Å². The molecule has 0 spiro atoms. The van der Waals surface area contributed by atoms with Crippen molar-refractivity contribution in [1.82, 2.24) is 0 Å². The molecule has 4 nitrogen and oxygen atoms in total. The zero-order chi connectivity index (χ0) is 29.1. The van der Waals surface area contributed by atoms with E-state index in [1.165, 1.54) is 81.8 Å². The van der Waals surface area contributed by atoms with E-state index in [2.05, 4.69) is 70.4 Å². The fraction of sp³-hybridized carbons (Fsp3) is 0.639. The molecule has 2 aromatic rings. The van der Waals surface area contributed by atoms with E-state index in [1.54, 1.807) is 0 Å². The average Bonchev–Trinajstić information content (AvgIpc) is 2.92. The maximum Gasteiger partial charge on any atom is 0.314 e. The van der Waals surface area contributed by atoms with E-state index in [9.17, 15) is 4.79 Å². The molecular formula is C36H58NO3+. The highest BCUT2D eigenvalue weighted by Crippen LogP contribution is 2.23. The largest absolute Gasteiger partial charge is 0.490 e. The lowest BCUT2D eigenvalue weighted by molar-refractivity contribution is -0.905. The lowest BCUT2D eigenvalue weighted by Gasteiger charge is -2.32. The summed E-state index contributed by atoms with van der Waals surface area (Å²) in [7, 11) is 4.33. The molecular weight excluding hydrogens is 494 g/mol. The fourth-order valence-electron chi connectivity index (χ4n) is 5.51. The van der Waals surface area contributed by atoms with Crippen LogP contribution in [0.25, 0.3) is 0 Å². The highest BCUT2D eigenvalue weighted by Gasteiger charge is 2.25. The van der Waals surface area contributed by atoms with Crippen molar-refractivity contribution < 1.29 is 18.8 Å². The Morgan fingerprint density at radius 1 is 0.775 bits per heavy atom. The maximum absolute atomic E-state index is 12.7. The number of para-hydroxylation sites is 1. The molecule has 0 saturated carbocycles. The summed E-state index contributed by atoms with van der Waals surface area (Å²) in [4.78, 5) is 12.7. The Morgan fingerprint density at radius 2 is 1.35 bits per heavy atom. The quantitative estimate of drug-likeness (QED) is 0.0830. The molecule has 0 aliphatic heterocycles. The van der Waals surface area contributed by atoms with Crippen LogP contribution in [0, 0.1) is 5.92 Å². The number of esters is 1. The molecule has 0 saturated heterocycles. The molecule has 2 aromatic carbocycles. The molecule has 4 heteroatoms. The lowest BCUT2D eigenvalue weighted by atomic mass is 10.0. The highest BCUT2D eigenvalue weighted by atomic mass is 16.5. The van der Waals surface area contributed by atoms with E-state index < -0.39 is 0 Å². The third kappa shape index (κ3) is 14.9. The van der Waals surface area contributed by atoms with Gasteiger partial charge in [0.1, 0.15) is 18.2 Å². The van der Waals surface area contributed by atoms with Gasteiger partial charge in [0, 0.05) is 12.0 Å². The molecule has 40 heavy (non-hydrogen) atoms. The number of rotatable bonds is 22. The normalized spacial score (nSPS) is 13.1. The number of carbonyl (C=O) groups excluding carboxylic acids is 1. The number of hydrogen-bond donors (Lipinski definition) is 0. The van der Waals surface area contributed by atoms with Crippen LogP contribution in [0.2, 0.25) is 0 Å². The van der Waals surface area contributed by atoms with Gasteiger partial charge < -0.3 is 14.0 Å². The van der Waals surface area contributed by atoms with Crippen molar-refractivity contribution >= 4 is 5.97 Å². The summed E-state index contributed by atoms with van der Waals surface area (Å²) in [5, 5.41) is 0. The summed E-state index contributed by atoms with van der Waals surface area (Å²) in [6, 6.07) is 18.9. The van der Waals surface area contributed by atoms with Crippen LogP contribution in [0.1, 0.15) is 109 Å². The minimum Gasteiger partial charge on any atom is -0.490 e. The number of aryl methyl sites for hydroxylation is 1. The van der Waals surface area contributed by atoms with Gasteiger partial charge in [-0.15, -0.1) is 0 Å². The van der Waals surface area contributed by atoms with Gasteiger partial charge in [-0.1, -0.05) is 120 Å². The van der Waals surface area contributed by atoms with Gasteiger partial charge in [0.2, 0.25) is 0 Å². The van der Waals surface area contributed by atoms with Crippen LogP contribution in [0.15, 0.2) is 54.6 Å². The van der Waals surface area contributed by atoms with Gasteiger partial charge in [-0.3, -0.25) is 4.79 Å². The van der Waals surface area contributed by atoms with Crippen molar-refractivity contribution in [2.75, 3.05) is 27.2 Å². The first kappa shape index (κ1) is 33.9. The molecule has 0 aliphatic rings. The Morgan fingerprint density at radius 3 is 2.00 bits per heavy atom. The minimum atomic E-state index is -0.151. The van der Waals surface area contributed by atoms with Crippen molar-refractivity contribution in [2.45, 2.75) is 117 Å². The molecule has 0 aliphatic carbocycles. The van der Waals surface area contributed by atoms with Crippen LogP contribution < -0.4 is 4.74 Å². The zero-order valence-corrected chi connectivity index (χ0v) is 26.3. The second-order valence-electron chi connectivity index (χ2n) is 12.4. The molecule has 0 heterocycles. The summed E-state index contributed by atoms with van der Waals surface area (Å²) in [5.74, 6) is 0.701. The Labute approximate surface area is 246 Å². The van der Waals surface area contributed by atoms with E-state index in [4.69, 9.17) is 9.47 Å². The standard InChI is InChI=1S/C36H58NO3/c1-6-7-8-9-10-11-12-13-14-15-19-24-34-25-20-21-26-35(34)40-32(3)27-28-39-36(38)31(2)29-37(4,5)30-33-22-17-16-18-23-33/h16-18,20-23,25-26,31-32H,6-15,19,24,27-30H2,1-5H3/q+1. The summed E-state index contributed by atoms with van der Waals surface area (Å²) in [6.45, 7) is 8.33. The van der Waals surface area contributed by atoms with E-state index in [0.717, 1.165) is 29.7 Å². The molecule has 2 rings (SSSR count). The van der Waals surface area contributed by atoms with Gasteiger partial charge in [0.25, 0.3) is 0 Å². The first-order valence-electron chi connectivity index (χ1n) is 16.1. The third-order valence-corrected chi connectivity index (χ3v) is 7.74. The summed E-state index contributed by atoms with van der Waals surface area (Å²) >= 11 is 0. The van der Waals surface area contributed by atoms with Crippen molar-refractivity contribution in [2.24, 2.45) is 5.92 Å². The fourth-order valence-corrected chi connectivity index (χ4v) is 5.51.